The smallest absolute Gasteiger partial charge is 0.162 e. The van der Waals surface area contributed by atoms with Gasteiger partial charge in [0.15, 0.2) is 8.46 Å². The highest BCUT2D eigenvalue weighted by Crippen LogP contribution is 2.33. The van der Waals surface area contributed by atoms with Gasteiger partial charge in [0.25, 0.3) is 0 Å². The Hall–Kier alpha value is 0.100. The molecule has 0 saturated carbocycles. The molecule has 0 N–H and O–H groups in total. The molecule has 0 fully saturated rings. The van der Waals surface area contributed by atoms with E-state index >= 15 is 0 Å². The van der Waals surface area contributed by atoms with Crippen molar-refractivity contribution >= 4 is 8.46 Å². The topological polar surface area (TPSA) is 17.1 Å². The fraction of sp³-hybridized carbons (Fsp3) is 1.00. The zero-order valence-electron chi connectivity index (χ0n) is 6.48. The Bertz CT molecular complexity index is 78.7. The lowest BCUT2D eigenvalue weighted by Crippen LogP contribution is -2.16. The van der Waals surface area contributed by atoms with Gasteiger partial charge in [-0.15, -0.1) is 0 Å². The van der Waals surface area contributed by atoms with Crippen LogP contribution in [0.3, 0.4) is 0 Å². The van der Waals surface area contributed by atoms with Gasteiger partial charge in [-0.05, 0) is 19.3 Å². The van der Waals surface area contributed by atoms with Crippen molar-refractivity contribution in [3.63, 3.8) is 0 Å². The lowest BCUT2D eigenvalue weighted by Gasteiger charge is -2.20. The summed E-state index contributed by atoms with van der Waals surface area (Å²) < 4.78 is 10.6. The molecule has 0 bridgehead atoms. The Morgan fingerprint density at radius 1 is 1.11 bits per heavy atom. The summed E-state index contributed by atoms with van der Waals surface area (Å²) in [6.45, 7) is 6.29. The second-order valence-electron chi connectivity index (χ2n) is 2.38. The third-order valence-corrected chi connectivity index (χ3v) is 3.50. The van der Waals surface area contributed by atoms with Crippen molar-refractivity contribution in [3.05, 3.63) is 0 Å². The molecule has 0 aliphatic rings. The van der Waals surface area contributed by atoms with Gasteiger partial charge in [0.1, 0.15) is 0 Å². The Labute approximate surface area is 59.0 Å². The molecular weight excluding hydrogens is 131 g/mol. The highest BCUT2D eigenvalue weighted by molar-refractivity contribution is 7.26. The fourth-order valence-electron chi connectivity index (χ4n) is 0.944. The molecule has 0 aliphatic heterocycles. The fourth-order valence-corrected chi connectivity index (χ4v) is 1.33. The average molecular weight is 146 g/mol. The molecule has 54 valence electrons. The van der Waals surface area contributed by atoms with Crippen LogP contribution in [0.2, 0.25) is 0 Å². The van der Waals surface area contributed by atoms with E-state index in [0.29, 0.717) is 8.46 Å². The Balaban J connectivity index is 3.98. The van der Waals surface area contributed by atoms with Gasteiger partial charge in [-0.1, -0.05) is 20.8 Å². The van der Waals surface area contributed by atoms with E-state index < -0.39 is 0 Å². The Kier molecular flexibility index (Phi) is 4.05. The van der Waals surface area contributed by atoms with Gasteiger partial charge in [0.05, 0.1) is 5.16 Å². The number of hydrogen-bond donors (Lipinski definition) is 0. The minimum atomic E-state index is 0.0833. The van der Waals surface area contributed by atoms with Crippen molar-refractivity contribution < 1.29 is 4.57 Å². The summed E-state index contributed by atoms with van der Waals surface area (Å²) in [5, 5.41) is 0.0833. The van der Waals surface area contributed by atoms with Crippen molar-refractivity contribution in [2.45, 2.75) is 45.2 Å². The van der Waals surface area contributed by atoms with Crippen LogP contribution in [0.25, 0.3) is 0 Å². The van der Waals surface area contributed by atoms with Gasteiger partial charge < -0.3 is 0 Å². The van der Waals surface area contributed by atoms with Gasteiger partial charge in [0, 0.05) is 0 Å². The molecule has 0 aromatic carbocycles. The van der Waals surface area contributed by atoms with Gasteiger partial charge >= 0.3 is 0 Å². The van der Waals surface area contributed by atoms with Crippen LogP contribution in [-0.4, -0.2) is 5.16 Å². The maximum Gasteiger partial charge on any atom is 0.162 e. The predicted octanol–water partition coefficient (Wildman–Crippen LogP) is 3.25. The maximum atomic E-state index is 10.6. The van der Waals surface area contributed by atoms with Gasteiger partial charge in [-0.25, -0.2) is 0 Å². The minimum Gasteiger partial charge on any atom is -0.274 e. The van der Waals surface area contributed by atoms with E-state index in [1.165, 1.54) is 0 Å². The van der Waals surface area contributed by atoms with Crippen LogP contribution < -0.4 is 0 Å². The van der Waals surface area contributed by atoms with Crippen molar-refractivity contribution in [2.24, 2.45) is 0 Å². The van der Waals surface area contributed by atoms with Crippen LogP contribution in [-0.2, 0) is 4.57 Å². The largest absolute Gasteiger partial charge is 0.274 e. The molecular formula is C7H15OP. The van der Waals surface area contributed by atoms with Gasteiger partial charge in [-0.3, -0.25) is 4.57 Å². The standard InChI is InChI=1S/C7H15OP/c1-4-7(5-2,6-3)9-8/h4-6H2,1-3H3. The van der Waals surface area contributed by atoms with E-state index in [1.54, 1.807) is 0 Å². The average Bonchev–Trinajstić information content (AvgIpc) is 1.95. The molecule has 0 amide bonds. The lowest BCUT2D eigenvalue weighted by molar-refractivity contribution is 0.492. The first-order valence-electron chi connectivity index (χ1n) is 3.59. The predicted molar refractivity (Wildman–Crippen MR) is 41.2 cm³/mol. The second kappa shape index (κ2) is 4.00. The third-order valence-electron chi connectivity index (χ3n) is 2.17. The summed E-state index contributed by atoms with van der Waals surface area (Å²) in [4.78, 5) is 0. The van der Waals surface area contributed by atoms with Gasteiger partial charge in [0.2, 0.25) is 0 Å². The molecule has 0 atom stereocenters. The van der Waals surface area contributed by atoms with Crippen LogP contribution >= 0.6 is 8.46 Å². The molecule has 2 heteroatoms. The van der Waals surface area contributed by atoms with Crippen molar-refractivity contribution in [1.82, 2.24) is 0 Å². The van der Waals surface area contributed by atoms with Crippen LogP contribution in [0, 0.1) is 0 Å². The molecule has 0 saturated heterocycles. The second-order valence-corrected chi connectivity index (χ2v) is 3.51. The Morgan fingerprint density at radius 2 is 1.44 bits per heavy atom. The van der Waals surface area contributed by atoms with E-state index in [0.717, 1.165) is 19.3 Å². The molecule has 0 spiro atoms. The SMILES string of the molecule is CCC(CC)(CC)P=O. The summed E-state index contributed by atoms with van der Waals surface area (Å²) in [5.74, 6) is 0. The molecule has 0 unspecified atom stereocenters. The maximum absolute atomic E-state index is 10.6. The minimum absolute atomic E-state index is 0.0833. The zero-order chi connectivity index (χ0) is 7.33. The first-order valence-corrected chi connectivity index (χ1v) is 4.40. The van der Waals surface area contributed by atoms with Crippen LogP contribution in [0.15, 0.2) is 0 Å². The number of rotatable bonds is 4. The molecule has 9 heavy (non-hydrogen) atoms. The quantitative estimate of drug-likeness (QED) is 0.556. The molecule has 1 nitrogen and oxygen atoms in total. The number of hydrogen-bond acceptors (Lipinski definition) is 1. The first-order chi connectivity index (χ1) is 4.24. The van der Waals surface area contributed by atoms with E-state index in [4.69, 9.17) is 0 Å². The van der Waals surface area contributed by atoms with Crippen molar-refractivity contribution in [1.29, 1.82) is 0 Å². The summed E-state index contributed by atoms with van der Waals surface area (Å²) in [7, 11) is 0.318. The van der Waals surface area contributed by atoms with E-state index in [9.17, 15) is 4.57 Å². The molecule has 0 aromatic heterocycles. The van der Waals surface area contributed by atoms with E-state index in [1.807, 2.05) is 0 Å². The van der Waals surface area contributed by atoms with E-state index in [2.05, 4.69) is 20.8 Å². The zero-order valence-corrected chi connectivity index (χ0v) is 7.37. The Morgan fingerprint density at radius 3 is 1.44 bits per heavy atom. The monoisotopic (exact) mass is 146 g/mol. The van der Waals surface area contributed by atoms with Gasteiger partial charge in [-0.2, -0.15) is 0 Å². The highest BCUT2D eigenvalue weighted by atomic mass is 31.1. The lowest BCUT2D eigenvalue weighted by atomic mass is 9.99. The summed E-state index contributed by atoms with van der Waals surface area (Å²) in [5.41, 5.74) is 0. The molecule has 0 heterocycles. The summed E-state index contributed by atoms with van der Waals surface area (Å²) >= 11 is 0. The van der Waals surface area contributed by atoms with Crippen LogP contribution in [0.1, 0.15) is 40.0 Å². The third kappa shape index (κ3) is 2.06. The van der Waals surface area contributed by atoms with E-state index in [-0.39, 0.29) is 5.16 Å². The van der Waals surface area contributed by atoms with Crippen molar-refractivity contribution in [3.8, 4) is 0 Å². The molecule has 0 aromatic rings. The normalized spacial score (nSPS) is 12.3. The highest BCUT2D eigenvalue weighted by Gasteiger charge is 2.23. The first kappa shape index (κ1) is 9.10. The molecule has 0 rings (SSSR count). The summed E-state index contributed by atoms with van der Waals surface area (Å²) in [6.07, 6.45) is 3.06. The summed E-state index contributed by atoms with van der Waals surface area (Å²) in [6, 6.07) is 0. The van der Waals surface area contributed by atoms with Crippen LogP contribution in [0.5, 0.6) is 0 Å². The van der Waals surface area contributed by atoms with Crippen LogP contribution in [0.4, 0.5) is 0 Å². The van der Waals surface area contributed by atoms with Crippen molar-refractivity contribution in [2.75, 3.05) is 0 Å². The molecule has 0 radical (unpaired) electrons. The molecule has 0 aliphatic carbocycles.